The summed E-state index contributed by atoms with van der Waals surface area (Å²) in [4.78, 5) is 0. The van der Waals surface area contributed by atoms with Crippen LogP contribution in [0.25, 0.3) is 0 Å². The summed E-state index contributed by atoms with van der Waals surface area (Å²) in [7, 11) is 1.49. The van der Waals surface area contributed by atoms with Crippen LogP contribution in [0.15, 0.2) is 6.07 Å². The van der Waals surface area contributed by atoms with Gasteiger partial charge in [0.25, 0.3) is 0 Å². The van der Waals surface area contributed by atoms with Crippen LogP contribution < -0.4 is 5.32 Å². The van der Waals surface area contributed by atoms with Crippen molar-refractivity contribution in [2.45, 2.75) is 6.10 Å². The summed E-state index contributed by atoms with van der Waals surface area (Å²) in [5.41, 5.74) is -0.748. The molecular formula is C9H11F2NO3. The number of aromatic hydroxyl groups is 2. The van der Waals surface area contributed by atoms with Crippen molar-refractivity contribution < 1.29 is 24.1 Å². The molecule has 0 radical (unpaired) electrons. The first-order valence-electron chi connectivity index (χ1n) is 4.21. The molecule has 0 heterocycles. The van der Waals surface area contributed by atoms with Crippen molar-refractivity contribution in [1.82, 2.24) is 5.32 Å². The molecule has 0 fully saturated rings. The maximum Gasteiger partial charge on any atom is 0.173 e. The lowest BCUT2D eigenvalue weighted by Gasteiger charge is -2.13. The Bertz CT molecular complexity index is 345. The molecule has 15 heavy (non-hydrogen) atoms. The molecule has 0 saturated carbocycles. The number of benzene rings is 1. The zero-order valence-corrected chi connectivity index (χ0v) is 7.96. The average Bonchev–Trinajstić information content (AvgIpc) is 2.16. The normalized spacial score (nSPS) is 12.8. The van der Waals surface area contributed by atoms with Crippen molar-refractivity contribution in [3.8, 4) is 11.5 Å². The third kappa shape index (κ3) is 2.16. The Morgan fingerprint density at radius 3 is 2.13 bits per heavy atom. The highest BCUT2D eigenvalue weighted by Gasteiger charge is 2.23. The van der Waals surface area contributed by atoms with Crippen LogP contribution in [0.5, 0.6) is 11.5 Å². The zero-order chi connectivity index (χ0) is 11.6. The van der Waals surface area contributed by atoms with Crippen molar-refractivity contribution in [1.29, 1.82) is 0 Å². The second-order valence-electron chi connectivity index (χ2n) is 3.03. The Kier molecular flexibility index (Phi) is 3.43. The number of aliphatic hydroxyl groups is 1. The fourth-order valence-corrected chi connectivity index (χ4v) is 1.22. The number of aliphatic hydroxyl groups excluding tert-OH is 1. The van der Waals surface area contributed by atoms with Crippen LogP contribution in [0.1, 0.15) is 11.7 Å². The maximum atomic E-state index is 13.2. The highest BCUT2D eigenvalue weighted by molar-refractivity contribution is 5.41. The summed E-state index contributed by atoms with van der Waals surface area (Å²) in [6.45, 7) is -0.100. The molecule has 0 amide bonds. The van der Waals surface area contributed by atoms with Crippen LogP contribution in [-0.2, 0) is 0 Å². The molecular weight excluding hydrogens is 208 g/mol. The fourth-order valence-electron chi connectivity index (χ4n) is 1.22. The van der Waals surface area contributed by atoms with Crippen molar-refractivity contribution in [3.63, 3.8) is 0 Å². The largest absolute Gasteiger partial charge is 0.505 e. The topological polar surface area (TPSA) is 72.7 Å². The minimum absolute atomic E-state index is 0.100. The summed E-state index contributed by atoms with van der Waals surface area (Å²) in [6, 6.07) is 0.542. The van der Waals surface area contributed by atoms with Gasteiger partial charge >= 0.3 is 0 Å². The van der Waals surface area contributed by atoms with E-state index in [9.17, 15) is 13.9 Å². The summed E-state index contributed by atoms with van der Waals surface area (Å²) in [5.74, 6) is -4.35. The predicted octanol–water partition coefficient (Wildman–Crippen LogP) is 0.629. The van der Waals surface area contributed by atoms with Gasteiger partial charge in [0.2, 0.25) is 0 Å². The Balaban J connectivity index is 3.26. The standard InChI is InChI=1S/C9H11F2NO3/c1-12-3-6(15)7-8(10)4(13)2-5(14)9(7)11/h2,6,12-15H,3H2,1H3. The van der Waals surface area contributed by atoms with E-state index in [0.717, 1.165) is 0 Å². The summed E-state index contributed by atoms with van der Waals surface area (Å²) in [5, 5.41) is 29.9. The minimum Gasteiger partial charge on any atom is -0.505 e. The van der Waals surface area contributed by atoms with Crippen LogP contribution in [0.3, 0.4) is 0 Å². The molecule has 1 rings (SSSR count). The molecule has 4 N–H and O–H groups in total. The third-order valence-corrected chi connectivity index (χ3v) is 1.93. The van der Waals surface area contributed by atoms with Gasteiger partial charge < -0.3 is 20.6 Å². The van der Waals surface area contributed by atoms with Gasteiger partial charge in [-0.3, -0.25) is 0 Å². The van der Waals surface area contributed by atoms with Gasteiger partial charge in [0.05, 0.1) is 11.7 Å². The number of phenols is 2. The lowest BCUT2D eigenvalue weighted by atomic mass is 10.1. The molecule has 6 heteroatoms. The molecule has 4 nitrogen and oxygen atoms in total. The first-order valence-corrected chi connectivity index (χ1v) is 4.21. The maximum absolute atomic E-state index is 13.2. The minimum atomic E-state index is -1.48. The molecule has 0 spiro atoms. The SMILES string of the molecule is CNCC(O)c1c(F)c(O)cc(O)c1F. The Morgan fingerprint density at radius 2 is 1.73 bits per heavy atom. The highest BCUT2D eigenvalue weighted by Crippen LogP contribution is 2.33. The molecule has 0 aliphatic rings. The summed E-state index contributed by atoms with van der Waals surface area (Å²) < 4.78 is 26.5. The molecule has 0 aliphatic heterocycles. The van der Waals surface area contributed by atoms with E-state index in [1.54, 1.807) is 0 Å². The Labute approximate surface area is 84.8 Å². The first-order chi connectivity index (χ1) is 6.99. The van der Waals surface area contributed by atoms with E-state index >= 15 is 0 Å². The number of halogens is 2. The van der Waals surface area contributed by atoms with Gasteiger partial charge in [0.1, 0.15) is 0 Å². The fraction of sp³-hybridized carbons (Fsp3) is 0.333. The summed E-state index contributed by atoms with van der Waals surface area (Å²) in [6.07, 6.45) is -1.48. The smallest absolute Gasteiger partial charge is 0.173 e. The third-order valence-electron chi connectivity index (χ3n) is 1.93. The number of hydrogen-bond acceptors (Lipinski definition) is 4. The Morgan fingerprint density at radius 1 is 1.27 bits per heavy atom. The van der Waals surface area contributed by atoms with Gasteiger partial charge in [0.15, 0.2) is 23.1 Å². The molecule has 0 aromatic heterocycles. The van der Waals surface area contributed by atoms with Crippen molar-refractivity contribution in [2.75, 3.05) is 13.6 Å². The first kappa shape index (κ1) is 11.7. The quantitative estimate of drug-likeness (QED) is 0.601. The average molecular weight is 219 g/mol. The van der Waals surface area contributed by atoms with Crippen LogP contribution in [0.4, 0.5) is 8.78 Å². The van der Waals surface area contributed by atoms with E-state index < -0.39 is 34.8 Å². The number of phenolic OH excluding ortho intramolecular Hbond substituents is 2. The molecule has 0 aliphatic carbocycles. The number of nitrogens with one attached hydrogen (secondary N) is 1. The molecule has 1 aromatic carbocycles. The van der Waals surface area contributed by atoms with Crippen molar-refractivity contribution >= 4 is 0 Å². The van der Waals surface area contributed by atoms with Gasteiger partial charge in [-0.25, -0.2) is 8.78 Å². The van der Waals surface area contributed by atoms with Gasteiger partial charge in [-0.05, 0) is 7.05 Å². The van der Waals surface area contributed by atoms with Gasteiger partial charge in [-0.15, -0.1) is 0 Å². The molecule has 84 valence electrons. The summed E-state index contributed by atoms with van der Waals surface area (Å²) >= 11 is 0. The van der Waals surface area contributed by atoms with Crippen molar-refractivity contribution in [2.24, 2.45) is 0 Å². The molecule has 1 atom stereocenters. The van der Waals surface area contributed by atoms with Crippen LogP contribution in [0.2, 0.25) is 0 Å². The Hall–Kier alpha value is -1.40. The zero-order valence-electron chi connectivity index (χ0n) is 7.96. The molecule has 0 bridgehead atoms. The van der Waals surface area contributed by atoms with Crippen molar-refractivity contribution in [3.05, 3.63) is 23.3 Å². The van der Waals surface area contributed by atoms with E-state index in [0.29, 0.717) is 6.07 Å². The highest BCUT2D eigenvalue weighted by atomic mass is 19.1. The van der Waals surface area contributed by atoms with Gasteiger partial charge in [0, 0.05) is 12.6 Å². The molecule has 1 unspecified atom stereocenters. The van der Waals surface area contributed by atoms with Crippen LogP contribution >= 0.6 is 0 Å². The molecule has 0 saturated heterocycles. The van der Waals surface area contributed by atoms with E-state index in [2.05, 4.69) is 5.32 Å². The lowest BCUT2D eigenvalue weighted by Crippen LogP contribution is -2.19. The second-order valence-corrected chi connectivity index (χ2v) is 3.03. The second kappa shape index (κ2) is 4.41. The van der Waals surface area contributed by atoms with E-state index in [4.69, 9.17) is 10.2 Å². The predicted molar refractivity (Wildman–Crippen MR) is 48.6 cm³/mol. The molecule has 1 aromatic rings. The van der Waals surface area contributed by atoms with E-state index in [-0.39, 0.29) is 6.54 Å². The number of likely N-dealkylation sites (N-methyl/N-ethyl adjacent to an activating group) is 1. The van der Waals surface area contributed by atoms with E-state index in [1.807, 2.05) is 0 Å². The van der Waals surface area contributed by atoms with E-state index in [1.165, 1.54) is 7.05 Å². The van der Waals surface area contributed by atoms with Gasteiger partial charge in [-0.2, -0.15) is 0 Å². The number of rotatable bonds is 3. The van der Waals surface area contributed by atoms with Crippen LogP contribution in [-0.4, -0.2) is 28.9 Å². The van der Waals surface area contributed by atoms with Gasteiger partial charge in [-0.1, -0.05) is 0 Å². The lowest BCUT2D eigenvalue weighted by molar-refractivity contribution is 0.165. The monoisotopic (exact) mass is 219 g/mol. The van der Waals surface area contributed by atoms with Crippen LogP contribution in [0, 0.1) is 11.6 Å². The number of hydrogen-bond donors (Lipinski definition) is 4.